The van der Waals surface area contributed by atoms with Crippen molar-refractivity contribution in [3.63, 3.8) is 0 Å². The Bertz CT molecular complexity index is 533. The summed E-state index contributed by atoms with van der Waals surface area (Å²) >= 11 is 0. The van der Waals surface area contributed by atoms with Crippen LogP contribution in [0.4, 0.5) is 17.2 Å². The fourth-order valence-electron chi connectivity index (χ4n) is 2.49. The van der Waals surface area contributed by atoms with Crippen molar-refractivity contribution < 1.29 is 0 Å². The van der Waals surface area contributed by atoms with Crippen LogP contribution >= 0.6 is 0 Å². The van der Waals surface area contributed by atoms with Crippen molar-refractivity contribution >= 4 is 17.2 Å². The molecule has 0 radical (unpaired) electrons. The van der Waals surface area contributed by atoms with Crippen LogP contribution < -0.4 is 15.5 Å². The van der Waals surface area contributed by atoms with E-state index in [0.717, 1.165) is 26.2 Å². The third kappa shape index (κ3) is 2.62. The van der Waals surface area contributed by atoms with Gasteiger partial charge in [-0.3, -0.25) is 0 Å². The lowest BCUT2D eigenvalue weighted by atomic mass is 10.2. The molecule has 1 aliphatic heterocycles. The Morgan fingerprint density at radius 3 is 2.11 bits per heavy atom. The molecule has 1 fully saturated rings. The van der Waals surface area contributed by atoms with E-state index in [1.54, 1.807) is 6.20 Å². The number of nitrogens with two attached hydrogens (primary N) is 1. The summed E-state index contributed by atoms with van der Waals surface area (Å²) in [4.78, 5) is 8.81. The lowest BCUT2D eigenvalue weighted by Gasteiger charge is -2.37. The molecule has 0 spiro atoms. The largest absolute Gasteiger partial charge is 0.384 e. The van der Waals surface area contributed by atoms with E-state index >= 15 is 0 Å². The molecule has 4 nitrogen and oxygen atoms in total. The number of nitrogens with zero attached hydrogens (tertiary/aromatic N) is 3. The van der Waals surface area contributed by atoms with Gasteiger partial charge in [0, 0.05) is 49.8 Å². The summed E-state index contributed by atoms with van der Waals surface area (Å²) in [6, 6.07) is 14.5. The number of aromatic nitrogens is 1. The lowest BCUT2D eigenvalue weighted by Crippen LogP contribution is -2.46. The van der Waals surface area contributed by atoms with E-state index in [4.69, 9.17) is 5.73 Å². The van der Waals surface area contributed by atoms with Crippen molar-refractivity contribution in [3.8, 4) is 0 Å². The van der Waals surface area contributed by atoms with E-state index in [2.05, 4.69) is 45.1 Å². The Hall–Kier alpha value is -2.23. The third-order valence-corrected chi connectivity index (χ3v) is 3.53. The van der Waals surface area contributed by atoms with Gasteiger partial charge in [0.1, 0.15) is 5.82 Å². The molecule has 0 atom stereocenters. The molecule has 2 heterocycles. The summed E-state index contributed by atoms with van der Waals surface area (Å²) in [6.45, 7) is 4.09. The minimum atomic E-state index is 0.586. The monoisotopic (exact) mass is 254 g/mol. The summed E-state index contributed by atoms with van der Waals surface area (Å²) in [5.41, 5.74) is 8.20. The molecule has 98 valence electrons. The van der Waals surface area contributed by atoms with Crippen LogP contribution in [0, 0.1) is 0 Å². The number of pyridine rings is 1. The summed E-state index contributed by atoms with van der Waals surface area (Å²) in [6.07, 6.45) is 1.77. The maximum atomic E-state index is 5.74. The number of rotatable bonds is 2. The Morgan fingerprint density at radius 2 is 1.47 bits per heavy atom. The maximum Gasteiger partial charge on any atom is 0.125 e. The lowest BCUT2D eigenvalue weighted by molar-refractivity contribution is 0.653. The van der Waals surface area contributed by atoms with Gasteiger partial charge in [-0.25, -0.2) is 4.98 Å². The van der Waals surface area contributed by atoms with Gasteiger partial charge < -0.3 is 15.5 Å². The number of hydrogen-bond donors (Lipinski definition) is 1. The minimum absolute atomic E-state index is 0.586. The summed E-state index contributed by atoms with van der Waals surface area (Å²) in [7, 11) is 0. The maximum absolute atomic E-state index is 5.74. The van der Waals surface area contributed by atoms with E-state index in [-0.39, 0.29) is 0 Å². The van der Waals surface area contributed by atoms with Crippen molar-refractivity contribution in [2.75, 3.05) is 41.7 Å². The second-order valence-corrected chi connectivity index (χ2v) is 4.75. The van der Waals surface area contributed by atoms with E-state index in [0.29, 0.717) is 5.82 Å². The molecule has 0 unspecified atom stereocenters. The zero-order valence-corrected chi connectivity index (χ0v) is 10.9. The van der Waals surface area contributed by atoms with E-state index < -0.39 is 0 Å². The van der Waals surface area contributed by atoms with Crippen LogP contribution in [0.1, 0.15) is 0 Å². The highest BCUT2D eigenvalue weighted by molar-refractivity contribution is 5.54. The summed E-state index contributed by atoms with van der Waals surface area (Å²) in [5, 5.41) is 0. The van der Waals surface area contributed by atoms with Gasteiger partial charge in [0.25, 0.3) is 0 Å². The van der Waals surface area contributed by atoms with Crippen molar-refractivity contribution in [3.05, 3.63) is 48.7 Å². The first kappa shape index (κ1) is 11.8. The van der Waals surface area contributed by atoms with Crippen LogP contribution in [-0.2, 0) is 0 Å². The Balaban J connectivity index is 1.67. The third-order valence-electron chi connectivity index (χ3n) is 3.53. The van der Waals surface area contributed by atoms with E-state index in [1.165, 1.54) is 11.4 Å². The van der Waals surface area contributed by atoms with Gasteiger partial charge in [0.2, 0.25) is 0 Å². The molecular weight excluding hydrogens is 236 g/mol. The molecule has 3 rings (SSSR count). The molecule has 0 aliphatic carbocycles. The first-order valence-electron chi connectivity index (χ1n) is 6.59. The number of hydrogen-bond acceptors (Lipinski definition) is 4. The Morgan fingerprint density at radius 1 is 0.842 bits per heavy atom. The van der Waals surface area contributed by atoms with Crippen LogP contribution in [0.5, 0.6) is 0 Å². The van der Waals surface area contributed by atoms with Gasteiger partial charge in [0.15, 0.2) is 0 Å². The molecule has 1 aliphatic rings. The number of benzene rings is 1. The molecule has 1 aromatic carbocycles. The smallest absolute Gasteiger partial charge is 0.125 e. The topological polar surface area (TPSA) is 45.4 Å². The fraction of sp³-hybridized carbons (Fsp3) is 0.267. The molecule has 0 bridgehead atoms. The quantitative estimate of drug-likeness (QED) is 0.890. The normalized spacial score (nSPS) is 15.6. The molecule has 4 heteroatoms. The first-order valence-corrected chi connectivity index (χ1v) is 6.59. The van der Waals surface area contributed by atoms with Gasteiger partial charge in [-0.15, -0.1) is 0 Å². The number of nitrogen functional groups attached to an aromatic ring is 1. The van der Waals surface area contributed by atoms with Crippen molar-refractivity contribution in [2.45, 2.75) is 0 Å². The van der Waals surface area contributed by atoms with Crippen LogP contribution in [-0.4, -0.2) is 31.2 Å². The fourth-order valence-corrected chi connectivity index (χ4v) is 2.49. The average Bonchev–Trinajstić information content (AvgIpc) is 2.48. The predicted molar refractivity (Wildman–Crippen MR) is 79.5 cm³/mol. The Kier molecular flexibility index (Phi) is 3.23. The molecular formula is C15H18N4. The van der Waals surface area contributed by atoms with Gasteiger partial charge in [-0.2, -0.15) is 0 Å². The second-order valence-electron chi connectivity index (χ2n) is 4.75. The van der Waals surface area contributed by atoms with Crippen molar-refractivity contribution in [1.29, 1.82) is 0 Å². The molecule has 1 aromatic heterocycles. The highest BCUT2D eigenvalue weighted by atomic mass is 15.3. The van der Waals surface area contributed by atoms with Gasteiger partial charge >= 0.3 is 0 Å². The molecule has 0 saturated carbocycles. The highest BCUT2D eigenvalue weighted by Crippen LogP contribution is 2.20. The standard InChI is InChI=1S/C15H18N4/c16-15-12-14(6-7-17-15)19-10-8-18(9-11-19)13-4-2-1-3-5-13/h1-7,12H,8-11H2,(H2,16,17). The molecule has 0 amide bonds. The Labute approximate surface area is 113 Å². The number of para-hydroxylation sites is 1. The molecule has 2 N–H and O–H groups in total. The van der Waals surface area contributed by atoms with Crippen LogP contribution in [0.15, 0.2) is 48.7 Å². The predicted octanol–water partition coefficient (Wildman–Crippen LogP) is 1.99. The minimum Gasteiger partial charge on any atom is -0.384 e. The highest BCUT2D eigenvalue weighted by Gasteiger charge is 2.17. The second kappa shape index (κ2) is 5.18. The summed E-state index contributed by atoms with van der Waals surface area (Å²) in [5.74, 6) is 0.586. The van der Waals surface area contributed by atoms with Gasteiger partial charge in [-0.05, 0) is 18.2 Å². The van der Waals surface area contributed by atoms with Crippen LogP contribution in [0.3, 0.4) is 0 Å². The zero-order valence-electron chi connectivity index (χ0n) is 10.9. The number of piperazine rings is 1. The number of anilines is 3. The first-order chi connectivity index (χ1) is 9.33. The van der Waals surface area contributed by atoms with Gasteiger partial charge in [-0.1, -0.05) is 18.2 Å². The SMILES string of the molecule is Nc1cc(N2CCN(c3ccccc3)CC2)ccn1. The van der Waals surface area contributed by atoms with E-state index in [9.17, 15) is 0 Å². The molecule has 2 aromatic rings. The zero-order chi connectivity index (χ0) is 13.1. The van der Waals surface area contributed by atoms with Crippen LogP contribution in [0.2, 0.25) is 0 Å². The molecule has 1 saturated heterocycles. The van der Waals surface area contributed by atoms with Crippen molar-refractivity contribution in [2.24, 2.45) is 0 Å². The van der Waals surface area contributed by atoms with Crippen molar-refractivity contribution in [1.82, 2.24) is 4.98 Å². The van der Waals surface area contributed by atoms with Gasteiger partial charge in [0.05, 0.1) is 0 Å². The average molecular weight is 254 g/mol. The van der Waals surface area contributed by atoms with Crippen LogP contribution in [0.25, 0.3) is 0 Å². The van der Waals surface area contributed by atoms with E-state index in [1.807, 2.05) is 12.1 Å². The summed E-state index contributed by atoms with van der Waals surface area (Å²) < 4.78 is 0. The molecule has 19 heavy (non-hydrogen) atoms.